The fraction of sp³-hybridized carbons (Fsp3) is 0.538. The number of nitrogens with one attached hydrogen (secondary N) is 1. The molecular weight excluding hydrogens is 282 g/mol. The van der Waals surface area contributed by atoms with Crippen molar-refractivity contribution in [3.63, 3.8) is 0 Å². The highest BCUT2D eigenvalue weighted by atomic mass is 32.2. The number of rotatable bonds is 8. The minimum atomic E-state index is -3.48. The van der Waals surface area contributed by atoms with E-state index < -0.39 is 10.0 Å². The van der Waals surface area contributed by atoms with Crippen molar-refractivity contribution in [2.24, 2.45) is 0 Å². The normalized spacial score (nSPS) is 11.7. The Morgan fingerprint density at radius 2 is 2.05 bits per heavy atom. The van der Waals surface area contributed by atoms with Gasteiger partial charge in [0.25, 0.3) is 0 Å². The quantitative estimate of drug-likeness (QED) is 0.720. The third-order valence-electron chi connectivity index (χ3n) is 2.79. The van der Waals surface area contributed by atoms with Crippen molar-refractivity contribution in [3.05, 3.63) is 29.3 Å². The number of aryl methyl sites for hydroxylation is 1. The number of unbranched alkanes of at least 4 members (excludes halogenated alkanes) is 1. The molecule has 4 nitrogen and oxygen atoms in total. The lowest BCUT2D eigenvalue weighted by molar-refractivity contribution is 0.281. The number of benzene rings is 1. The molecule has 0 aliphatic carbocycles. The van der Waals surface area contributed by atoms with Crippen molar-refractivity contribution in [2.75, 3.05) is 18.6 Å². The molecule has 1 aromatic rings. The summed E-state index contributed by atoms with van der Waals surface area (Å²) in [6, 6.07) is 4.97. The van der Waals surface area contributed by atoms with Crippen molar-refractivity contribution >= 4 is 21.8 Å². The maximum Gasteiger partial charge on any atom is 0.240 e. The van der Waals surface area contributed by atoms with Crippen LogP contribution in [0.3, 0.4) is 0 Å². The summed E-state index contributed by atoms with van der Waals surface area (Å²) < 4.78 is 26.9. The fourth-order valence-corrected chi connectivity index (χ4v) is 3.55. The zero-order chi connectivity index (χ0) is 14.3. The second kappa shape index (κ2) is 7.89. The molecule has 1 rings (SSSR count). The highest BCUT2D eigenvalue weighted by molar-refractivity contribution is 7.98. The minimum absolute atomic E-state index is 0.156. The number of aliphatic hydroxyl groups is 1. The molecule has 0 fully saturated rings. The van der Waals surface area contributed by atoms with Crippen LogP contribution in [-0.4, -0.2) is 32.1 Å². The molecule has 19 heavy (non-hydrogen) atoms. The molecule has 0 heterocycles. The van der Waals surface area contributed by atoms with E-state index in [4.69, 9.17) is 5.11 Å². The predicted octanol–water partition coefficient (Wildman–Crippen LogP) is 1.91. The van der Waals surface area contributed by atoms with Gasteiger partial charge in [-0.2, -0.15) is 11.8 Å². The van der Waals surface area contributed by atoms with Crippen LogP contribution < -0.4 is 4.72 Å². The zero-order valence-electron chi connectivity index (χ0n) is 11.3. The highest BCUT2D eigenvalue weighted by Gasteiger charge is 2.16. The van der Waals surface area contributed by atoms with E-state index >= 15 is 0 Å². The van der Waals surface area contributed by atoms with Crippen molar-refractivity contribution in [2.45, 2.75) is 31.3 Å². The summed E-state index contributed by atoms with van der Waals surface area (Å²) in [5.74, 6) is 1.04. The fourth-order valence-electron chi connectivity index (χ4n) is 1.69. The molecule has 6 heteroatoms. The Hall–Kier alpha value is -0.560. The SMILES string of the molecule is CSCCCCNS(=O)(=O)c1cc(CO)ccc1C. The predicted molar refractivity (Wildman–Crippen MR) is 79.9 cm³/mol. The molecule has 0 atom stereocenters. The monoisotopic (exact) mass is 303 g/mol. The van der Waals surface area contributed by atoms with E-state index in [1.807, 2.05) is 6.26 Å². The van der Waals surface area contributed by atoms with Gasteiger partial charge in [-0.1, -0.05) is 12.1 Å². The van der Waals surface area contributed by atoms with Gasteiger partial charge in [0, 0.05) is 6.54 Å². The highest BCUT2D eigenvalue weighted by Crippen LogP contribution is 2.17. The van der Waals surface area contributed by atoms with Crippen molar-refractivity contribution in [1.82, 2.24) is 4.72 Å². The van der Waals surface area contributed by atoms with Crippen LogP contribution >= 0.6 is 11.8 Å². The first kappa shape index (κ1) is 16.5. The Bertz CT molecular complexity index is 501. The third-order valence-corrected chi connectivity index (χ3v) is 5.09. The third kappa shape index (κ3) is 5.14. The minimum Gasteiger partial charge on any atom is -0.392 e. The van der Waals surface area contributed by atoms with Gasteiger partial charge in [-0.15, -0.1) is 0 Å². The molecule has 0 aromatic heterocycles. The average molecular weight is 303 g/mol. The van der Waals surface area contributed by atoms with E-state index in [1.54, 1.807) is 30.8 Å². The largest absolute Gasteiger partial charge is 0.392 e. The van der Waals surface area contributed by atoms with Crippen LogP contribution in [0.15, 0.2) is 23.1 Å². The Labute approximate surface area is 119 Å². The van der Waals surface area contributed by atoms with E-state index in [-0.39, 0.29) is 11.5 Å². The van der Waals surface area contributed by atoms with E-state index in [0.717, 1.165) is 18.6 Å². The smallest absolute Gasteiger partial charge is 0.240 e. The summed E-state index contributed by atoms with van der Waals surface area (Å²) in [7, 11) is -3.48. The molecule has 0 unspecified atom stereocenters. The molecule has 0 saturated carbocycles. The van der Waals surface area contributed by atoms with Crippen LogP contribution in [0.25, 0.3) is 0 Å². The zero-order valence-corrected chi connectivity index (χ0v) is 13.0. The molecule has 0 spiro atoms. The summed E-state index contributed by atoms with van der Waals surface area (Å²) in [4.78, 5) is 0.254. The first-order valence-corrected chi connectivity index (χ1v) is 9.08. The Kier molecular flexibility index (Phi) is 6.85. The van der Waals surface area contributed by atoms with Gasteiger partial charge in [-0.3, -0.25) is 0 Å². The number of hydrogen-bond donors (Lipinski definition) is 2. The molecule has 1 aromatic carbocycles. The summed E-state index contributed by atoms with van der Waals surface area (Å²) in [6.45, 7) is 2.05. The number of sulfonamides is 1. The molecule has 0 bridgehead atoms. The van der Waals surface area contributed by atoms with E-state index in [0.29, 0.717) is 17.7 Å². The summed E-state index contributed by atoms with van der Waals surface area (Å²) >= 11 is 1.76. The van der Waals surface area contributed by atoms with Crippen molar-refractivity contribution in [3.8, 4) is 0 Å². The van der Waals surface area contributed by atoms with Crippen LogP contribution in [0.1, 0.15) is 24.0 Å². The molecule has 0 amide bonds. The molecule has 0 aliphatic heterocycles. The van der Waals surface area contributed by atoms with Gasteiger partial charge in [-0.25, -0.2) is 13.1 Å². The second-order valence-corrected chi connectivity index (χ2v) is 7.08. The van der Waals surface area contributed by atoms with E-state index in [1.165, 1.54) is 6.07 Å². The molecule has 0 saturated heterocycles. The van der Waals surface area contributed by atoms with Crippen LogP contribution in [0, 0.1) is 6.92 Å². The Balaban J connectivity index is 2.71. The summed E-state index contributed by atoms with van der Waals surface area (Å²) in [5.41, 5.74) is 1.29. The van der Waals surface area contributed by atoms with Crippen molar-refractivity contribution in [1.29, 1.82) is 0 Å². The Morgan fingerprint density at radius 1 is 1.32 bits per heavy atom. The van der Waals surface area contributed by atoms with Gasteiger partial charge >= 0.3 is 0 Å². The molecule has 2 N–H and O–H groups in total. The van der Waals surface area contributed by atoms with Crippen molar-refractivity contribution < 1.29 is 13.5 Å². The van der Waals surface area contributed by atoms with Gasteiger partial charge in [0.2, 0.25) is 10.0 Å². The lowest BCUT2D eigenvalue weighted by Gasteiger charge is -2.10. The lowest BCUT2D eigenvalue weighted by atomic mass is 10.2. The maximum atomic E-state index is 12.2. The topological polar surface area (TPSA) is 66.4 Å². The first-order valence-electron chi connectivity index (χ1n) is 6.20. The van der Waals surface area contributed by atoms with Crippen LogP contribution in [0.4, 0.5) is 0 Å². The van der Waals surface area contributed by atoms with E-state index in [2.05, 4.69) is 4.72 Å². The lowest BCUT2D eigenvalue weighted by Crippen LogP contribution is -2.25. The molecular formula is C13H21NO3S2. The molecule has 0 aliphatic rings. The molecule has 108 valence electrons. The number of hydrogen-bond acceptors (Lipinski definition) is 4. The van der Waals surface area contributed by atoms with Gasteiger partial charge in [0.15, 0.2) is 0 Å². The van der Waals surface area contributed by atoms with Crippen LogP contribution in [0.2, 0.25) is 0 Å². The van der Waals surface area contributed by atoms with Crippen LogP contribution in [0.5, 0.6) is 0 Å². The average Bonchev–Trinajstić information content (AvgIpc) is 2.39. The number of aliphatic hydroxyl groups excluding tert-OH is 1. The first-order chi connectivity index (χ1) is 9.01. The Morgan fingerprint density at radius 3 is 2.68 bits per heavy atom. The van der Waals surface area contributed by atoms with Gasteiger partial charge in [0.1, 0.15) is 0 Å². The summed E-state index contributed by atoms with van der Waals surface area (Å²) in [6.07, 6.45) is 3.87. The second-order valence-electron chi connectivity index (χ2n) is 4.36. The van der Waals surface area contributed by atoms with Crippen LogP contribution in [-0.2, 0) is 16.6 Å². The van der Waals surface area contributed by atoms with Gasteiger partial charge in [-0.05, 0) is 49.0 Å². The summed E-state index contributed by atoms with van der Waals surface area (Å²) in [5, 5.41) is 9.07. The van der Waals surface area contributed by atoms with Gasteiger partial charge in [0.05, 0.1) is 11.5 Å². The van der Waals surface area contributed by atoms with E-state index in [9.17, 15) is 8.42 Å². The van der Waals surface area contributed by atoms with Gasteiger partial charge < -0.3 is 5.11 Å². The maximum absolute atomic E-state index is 12.2. The molecule has 0 radical (unpaired) electrons. The standard InChI is InChI=1S/C13H21NO3S2/c1-11-5-6-12(10-15)9-13(11)19(16,17)14-7-3-4-8-18-2/h5-6,9,14-15H,3-4,7-8,10H2,1-2H3. The number of thioether (sulfide) groups is 1.